The molecule has 0 spiro atoms. The monoisotopic (exact) mass is 255 g/mol. The Morgan fingerprint density at radius 3 is 2.39 bits per heavy atom. The third-order valence-electron chi connectivity index (χ3n) is 3.67. The molecule has 2 saturated heterocycles. The topological polar surface area (TPSA) is 61.9 Å². The van der Waals surface area contributed by atoms with Crippen LogP contribution < -0.4 is 5.32 Å². The fourth-order valence-corrected chi connectivity index (χ4v) is 2.56. The van der Waals surface area contributed by atoms with Crippen LogP contribution in [0.5, 0.6) is 0 Å². The number of piperazine rings is 1. The Labute approximate surface area is 107 Å². The molecule has 2 aliphatic heterocycles. The highest BCUT2D eigenvalue weighted by atomic mass is 16.5. The van der Waals surface area contributed by atoms with Gasteiger partial charge in [0, 0.05) is 32.7 Å². The van der Waals surface area contributed by atoms with Crippen LogP contribution in [0.4, 0.5) is 4.79 Å². The molecule has 0 aromatic carbocycles. The first kappa shape index (κ1) is 13.1. The fraction of sp³-hybridized carbons (Fsp3) is 0.833. The molecular formula is C12H21N3O3. The molecule has 2 rings (SSSR count). The Morgan fingerprint density at radius 1 is 1.17 bits per heavy atom. The van der Waals surface area contributed by atoms with Crippen molar-refractivity contribution in [2.24, 2.45) is 5.92 Å². The van der Waals surface area contributed by atoms with Crippen molar-refractivity contribution in [1.82, 2.24) is 15.1 Å². The van der Waals surface area contributed by atoms with Crippen molar-refractivity contribution in [2.75, 3.05) is 46.4 Å². The normalized spacial score (nSPS) is 24.8. The number of carbonyl (C=O) groups is 2. The van der Waals surface area contributed by atoms with Gasteiger partial charge in [-0.25, -0.2) is 4.79 Å². The number of nitrogens with zero attached hydrogens (tertiary/aromatic N) is 2. The lowest BCUT2D eigenvalue weighted by Crippen LogP contribution is -2.53. The first-order valence-corrected chi connectivity index (χ1v) is 6.55. The second-order valence-corrected chi connectivity index (χ2v) is 4.83. The minimum atomic E-state index is -0.304. The second kappa shape index (κ2) is 6.04. The average molecular weight is 255 g/mol. The maximum absolute atomic E-state index is 12.3. The van der Waals surface area contributed by atoms with E-state index in [0.717, 1.165) is 25.9 Å². The van der Waals surface area contributed by atoms with Crippen LogP contribution in [-0.2, 0) is 9.53 Å². The fourth-order valence-electron chi connectivity index (χ4n) is 2.56. The van der Waals surface area contributed by atoms with E-state index < -0.39 is 0 Å². The molecule has 1 N–H and O–H groups in total. The molecule has 0 aromatic rings. The standard InChI is InChI=1S/C12H21N3O3/c1-18-12(17)15-7-5-14(6-8-15)11(16)10-3-2-4-13-9-10/h10,13H,2-9H2,1H3. The predicted octanol–water partition coefficient (Wildman–Crippen LogP) is -0.103. The van der Waals surface area contributed by atoms with Crippen LogP contribution in [0.2, 0.25) is 0 Å². The molecule has 1 unspecified atom stereocenters. The van der Waals surface area contributed by atoms with Gasteiger partial charge in [-0.3, -0.25) is 4.79 Å². The van der Waals surface area contributed by atoms with Gasteiger partial charge in [0.15, 0.2) is 0 Å². The molecule has 18 heavy (non-hydrogen) atoms. The smallest absolute Gasteiger partial charge is 0.409 e. The number of carbonyl (C=O) groups excluding carboxylic acids is 2. The molecule has 1 atom stereocenters. The molecule has 0 saturated carbocycles. The van der Waals surface area contributed by atoms with Crippen LogP contribution in [-0.4, -0.2) is 68.2 Å². The third kappa shape index (κ3) is 2.93. The van der Waals surface area contributed by atoms with Gasteiger partial charge in [0.2, 0.25) is 5.91 Å². The molecular weight excluding hydrogens is 234 g/mol. The van der Waals surface area contributed by atoms with Crippen molar-refractivity contribution < 1.29 is 14.3 Å². The molecule has 0 aliphatic carbocycles. The Hall–Kier alpha value is -1.30. The lowest BCUT2D eigenvalue weighted by atomic mass is 9.98. The minimum Gasteiger partial charge on any atom is -0.453 e. The van der Waals surface area contributed by atoms with Crippen LogP contribution in [0.3, 0.4) is 0 Å². The number of rotatable bonds is 1. The molecule has 2 fully saturated rings. The summed E-state index contributed by atoms with van der Waals surface area (Å²) in [6.07, 6.45) is 1.74. The minimum absolute atomic E-state index is 0.114. The van der Waals surface area contributed by atoms with Gasteiger partial charge in [-0.05, 0) is 19.4 Å². The van der Waals surface area contributed by atoms with Gasteiger partial charge in [0.25, 0.3) is 0 Å². The van der Waals surface area contributed by atoms with Gasteiger partial charge in [0.05, 0.1) is 13.0 Å². The number of hydrogen-bond acceptors (Lipinski definition) is 4. The van der Waals surface area contributed by atoms with Gasteiger partial charge in [0.1, 0.15) is 0 Å². The van der Waals surface area contributed by atoms with E-state index in [0.29, 0.717) is 26.2 Å². The zero-order valence-corrected chi connectivity index (χ0v) is 10.9. The Bertz CT molecular complexity index is 308. The van der Waals surface area contributed by atoms with Crippen LogP contribution in [0.15, 0.2) is 0 Å². The number of hydrogen-bond donors (Lipinski definition) is 1. The van der Waals surface area contributed by atoms with Crippen molar-refractivity contribution >= 4 is 12.0 Å². The van der Waals surface area contributed by atoms with E-state index >= 15 is 0 Å². The highest BCUT2D eigenvalue weighted by molar-refractivity contribution is 5.79. The zero-order valence-electron chi connectivity index (χ0n) is 10.9. The molecule has 2 amide bonds. The van der Waals surface area contributed by atoms with Crippen LogP contribution >= 0.6 is 0 Å². The summed E-state index contributed by atoms with van der Waals surface area (Å²) in [5.74, 6) is 0.343. The lowest BCUT2D eigenvalue weighted by Gasteiger charge is -2.36. The summed E-state index contributed by atoms with van der Waals surface area (Å²) in [6, 6.07) is 0. The predicted molar refractivity (Wildman–Crippen MR) is 66.2 cm³/mol. The van der Waals surface area contributed by atoms with Gasteiger partial charge < -0.3 is 19.9 Å². The molecule has 2 aliphatic rings. The number of amides is 2. The lowest BCUT2D eigenvalue weighted by molar-refractivity contribution is -0.137. The van der Waals surface area contributed by atoms with E-state index in [4.69, 9.17) is 0 Å². The first-order chi connectivity index (χ1) is 8.72. The molecule has 2 heterocycles. The number of nitrogens with one attached hydrogen (secondary N) is 1. The van der Waals surface area contributed by atoms with Crippen molar-refractivity contribution in [3.8, 4) is 0 Å². The summed E-state index contributed by atoms with van der Waals surface area (Å²) in [7, 11) is 1.38. The van der Waals surface area contributed by atoms with Crippen LogP contribution in [0.25, 0.3) is 0 Å². The van der Waals surface area contributed by atoms with E-state index in [2.05, 4.69) is 10.1 Å². The Balaban J connectivity index is 1.81. The highest BCUT2D eigenvalue weighted by Crippen LogP contribution is 2.15. The SMILES string of the molecule is COC(=O)N1CCN(C(=O)C2CCCNC2)CC1. The summed E-state index contributed by atoms with van der Waals surface area (Å²) in [6.45, 7) is 4.17. The highest BCUT2D eigenvalue weighted by Gasteiger charge is 2.29. The summed E-state index contributed by atoms with van der Waals surface area (Å²) >= 11 is 0. The maximum atomic E-state index is 12.3. The largest absolute Gasteiger partial charge is 0.453 e. The first-order valence-electron chi connectivity index (χ1n) is 6.55. The van der Waals surface area contributed by atoms with E-state index in [9.17, 15) is 9.59 Å². The average Bonchev–Trinajstić information content (AvgIpc) is 2.47. The van der Waals surface area contributed by atoms with E-state index in [1.54, 1.807) is 4.90 Å². The number of ether oxygens (including phenoxy) is 1. The number of methoxy groups -OCH3 is 1. The molecule has 102 valence electrons. The van der Waals surface area contributed by atoms with Gasteiger partial charge >= 0.3 is 6.09 Å². The van der Waals surface area contributed by atoms with Crippen molar-refractivity contribution in [2.45, 2.75) is 12.8 Å². The van der Waals surface area contributed by atoms with E-state index in [-0.39, 0.29) is 17.9 Å². The van der Waals surface area contributed by atoms with Crippen molar-refractivity contribution in [3.05, 3.63) is 0 Å². The number of piperidine rings is 1. The maximum Gasteiger partial charge on any atom is 0.409 e. The third-order valence-corrected chi connectivity index (χ3v) is 3.67. The summed E-state index contributed by atoms with van der Waals surface area (Å²) in [4.78, 5) is 27.1. The molecule has 6 nitrogen and oxygen atoms in total. The Morgan fingerprint density at radius 2 is 1.83 bits per heavy atom. The molecule has 0 bridgehead atoms. The summed E-state index contributed by atoms with van der Waals surface area (Å²) < 4.78 is 4.68. The van der Waals surface area contributed by atoms with Crippen molar-refractivity contribution in [1.29, 1.82) is 0 Å². The summed E-state index contributed by atoms with van der Waals surface area (Å²) in [5, 5.41) is 3.26. The van der Waals surface area contributed by atoms with Crippen LogP contribution in [0, 0.1) is 5.92 Å². The Kier molecular flexibility index (Phi) is 4.41. The molecule has 0 radical (unpaired) electrons. The zero-order chi connectivity index (χ0) is 13.0. The summed E-state index contributed by atoms with van der Waals surface area (Å²) in [5.41, 5.74) is 0. The van der Waals surface area contributed by atoms with E-state index in [1.165, 1.54) is 7.11 Å². The molecule has 0 aromatic heterocycles. The van der Waals surface area contributed by atoms with Crippen LogP contribution in [0.1, 0.15) is 12.8 Å². The van der Waals surface area contributed by atoms with Gasteiger partial charge in [-0.15, -0.1) is 0 Å². The van der Waals surface area contributed by atoms with Gasteiger partial charge in [-0.2, -0.15) is 0 Å². The van der Waals surface area contributed by atoms with Gasteiger partial charge in [-0.1, -0.05) is 0 Å². The second-order valence-electron chi connectivity index (χ2n) is 4.83. The van der Waals surface area contributed by atoms with Crippen molar-refractivity contribution in [3.63, 3.8) is 0 Å². The van der Waals surface area contributed by atoms with E-state index in [1.807, 2.05) is 4.90 Å². The quantitative estimate of drug-likeness (QED) is 0.710. The molecule has 6 heteroatoms.